The summed E-state index contributed by atoms with van der Waals surface area (Å²) in [6.45, 7) is 8.14. The SMILES string of the molecule is C=C1CCN(CCC2OCCc3cc(CC(N)=O)ccc32)CC1. The Morgan fingerprint density at radius 1 is 1.30 bits per heavy atom. The van der Waals surface area contributed by atoms with Gasteiger partial charge in [-0.25, -0.2) is 0 Å². The highest BCUT2D eigenvalue weighted by Crippen LogP contribution is 2.31. The van der Waals surface area contributed by atoms with Crippen molar-refractivity contribution in [1.82, 2.24) is 4.90 Å². The van der Waals surface area contributed by atoms with Crippen LogP contribution in [-0.2, 0) is 22.4 Å². The zero-order valence-electron chi connectivity index (χ0n) is 13.7. The van der Waals surface area contributed by atoms with Gasteiger partial charge in [0.15, 0.2) is 0 Å². The molecule has 0 aliphatic carbocycles. The maximum Gasteiger partial charge on any atom is 0.221 e. The molecule has 1 saturated heterocycles. The van der Waals surface area contributed by atoms with E-state index < -0.39 is 0 Å². The number of primary amides is 1. The van der Waals surface area contributed by atoms with E-state index in [0.29, 0.717) is 6.42 Å². The van der Waals surface area contributed by atoms with Crippen molar-refractivity contribution in [2.24, 2.45) is 5.73 Å². The molecule has 1 amide bonds. The lowest BCUT2D eigenvalue weighted by atomic mass is 9.92. The zero-order valence-corrected chi connectivity index (χ0v) is 13.7. The molecule has 1 aromatic carbocycles. The fourth-order valence-corrected chi connectivity index (χ4v) is 3.53. The molecule has 0 radical (unpaired) electrons. The lowest BCUT2D eigenvalue weighted by Crippen LogP contribution is -2.33. The van der Waals surface area contributed by atoms with Crippen molar-refractivity contribution >= 4 is 5.91 Å². The molecule has 1 aromatic rings. The summed E-state index contributed by atoms with van der Waals surface area (Å²) in [6.07, 6.45) is 4.68. The van der Waals surface area contributed by atoms with Gasteiger partial charge in [-0.3, -0.25) is 4.79 Å². The maximum atomic E-state index is 11.1. The van der Waals surface area contributed by atoms with Crippen molar-refractivity contribution in [2.45, 2.75) is 38.2 Å². The molecule has 124 valence electrons. The third-order valence-electron chi connectivity index (χ3n) is 4.89. The van der Waals surface area contributed by atoms with Gasteiger partial charge in [-0.2, -0.15) is 0 Å². The smallest absolute Gasteiger partial charge is 0.221 e. The van der Waals surface area contributed by atoms with Crippen LogP contribution in [0.3, 0.4) is 0 Å². The van der Waals surface area contributed by atoms with Gasteiger partial charge in [0.2, 0.25) is 5.91 Å². The normalized spacial score (nSPS) is 21.9. The first kappa shape index (κ1) is 16.2. The monoisotopic (exact) mass is 314 g/mol. The number of rotatable bonds is 5. The predicted octanol–water partition coefficient (Wildman–Crippen LogP) is 2.37. The lowest BCUT2D eigenvalue weighted by molar-refractivity contribution is -0.117. The highest BCUT2D eigenvalue weighted by molar-refractivity contribution is 5.76. The summed E-state index contributed by atoms with van der Waals surface area (Å²) < 4.78 is 6.00. The molecular weight excluding hydrogens is 288 g/mol. The van der Waals surface area contributed by atoms with Gasteiger partial charge in [0, 0.05) is 19.6 Å². The van der Waals surface area contributed by atoms with Crippen LogP contribution in [0.4, 0.5) is 0 Å². The number of hydrogen-bond acceptors (Lipinski definition) is 3. The summed E-state index contributed by atoms with van der Waals surface area (Å²) in [4.78, 5) is 13.6. The minimum Gasteiger partial charge on any atom is -0.373 e. The molecule has 4 nitrogen and oxygen atoms in total. The van der Waals surface area contributed by atoms with Crippen molar-refractivity contribution in [3.63, 3.8) is 0 Å². The van der Waals surface area contributed by atoms with Crippen molar-refractivity contribution in [2.75, 3.05) is 26.2 Å². The Balaban J connectivity index is 1.62. The van der Waals surface area contributed by atoms with E-state index in [1.54, 1.807) is 0 Å². The van der Waals surface area contributed by atoms with Gasteiger partial charge in [-0.05, 0) is 42.4 Å². The molecule has 3 rings (SSSR count). The van der Waals surface area contributed by atoms with Crippen LogP contribution < -0.4 is 5.73 Å². The molecule has 23 heavy (non-hydrogen) atoms. The topological polar surface area (TPSA) is 55.6 Å². The van der Waals surface area contributed by atoms with Gasteiger partial charge in [0.25, 0.3) is 0 Å². The van der Waals surface area contributed by atoms with Crippen LogP contribution in [0.1, 0.15) is 42.1 Å². The molecule has 2 N–H and O–H groups in total. The van der Waals surface area contributed by atoms with Crippen LogP contribution in [0.5, 0.6) is 0 Å². The number of hydrogen-bond donors (Lipinski definition) is 1. The minimum absolute atomic E-state index is 0.173. The van der Waals surface area contributed by atoms with Gasteiger partial charge in [0.05, 0.1) is 19.1 Å². The Morgan fingerprint density at radius 2 is 2.09 bits per heavy atom. The van der Waals surface area contributed by atoms with Crippen LogP contribution in [0.15, 0.2) is 30.4 Å². The molecule has 0 saturated carbocycles. The van der Waals surface area contributed by atoms with Gasteiger partial charge < -0.3 is 15.4 Å². The number of ether oxygens (including phenoxy) is 1. The fraction of sp³-hybridized carbons (Fsp3) is 0.526. The third-order valence-corrected chi connectivity index (χ3v) is 4.89. The summed E-state index contributed by atoms with van der Waals surface area (Å²) in [6, 6.07) is 6.26. The van der Waals surface area contributed by atoms with E-state index in [1.165, 1.54) is 16.7 Å². The highest BCUT2D eigenvalue weighted by Gasteiger charge is 2.22. The molecule has 2 aliphatic heterocycles. The first-order chi connectivity index (χ1) is 11.1. The minimum atomic E-state index is -0.278. The Hall–Kier alpha value is -1.65. The Bertz CT molecular complexity index is 587. The highest BCUT2D eigenvalue weighted by atomic mass is 16.5. The molecule has 1 atom stereocenters. The maximum absolute atomic E-state index is 11.1. The quantitative estimate of drug-likeness (QED) is 0.849. The number of amides is 1. The van der Waals surface area contributed by atoms with Crippen LogP contribution >= 0.6 is 0 Å². The van der Waals surface area contributed by atoms with Crippen LogP contribution in [0.2, 0.25) is 0 Å². The first-order valence-corrected chi connectivity index (χ1v) is 8.52. The van der Waals surface area contributed by atoms with Crippen LogP contribution in [0.25, 0.3) is 0 Å². The second-order valence-corrected chi connectivity index (χ2v) is 6.67. The molecule has 0 bridgehead atoms. The summed E-state index contributed by atoms with van der Waals surface area (Å²) in [7, 11) is 0. The number of likely N-dealkylation sites (tertiary alicyclic amines) is 1. The average Bonchev–Trinajstić information content (AvgIpc) is 2.53. The molecule has 0 spiro atoms. The molecular formula is C19H26N2O2. The largest absolute Gasteiger partial charge is 0.373 e. The van der Waals surface area contributed by atoms with E-state index in [4.69, 9.17) is 10.5 Å². The molecule has 0 aromatic heterocycles. The van der Waals surface area contributed by atoms with Crippen molar-refractivity contribution in [3.8, 4) is 0 Å². The van der Waals surface area contributed by atoms with Crippen molar-refractivity contribution in [3.05, 3.63) is 47.0 Å². The van der Waals surface area contributed by atoms with E-state index in [9.17, 15) is 4.79 Å². The van der Waals surface area contributed by atoms with E-state index >= 15 is 0 Å². The number of carbonyl (C=O) groups excluding carboxylic acids is 1. The molecule has 1 fully saturated rings. The lowest BCUT2D eigenvalue weighted by Gasteiger charge is -2.31. The Labute approximate surface area is 138 Å². The summed E-state index contributed by atoms with van der Waals surface area (Å²) >= 11 is 0. The van der Waals surface area contributed by atoms with Gasteiger partial charge in [0.1, 0.15) is 0 Å². The second-order valence-electron chi connectivity index (χ2n) is 6.67. The second kappa shape index (κ2) is 7.28. The van der Waals surface area contributed by atoms with Crippen molar-refractivity contribution in [1.29, 1.82) is 0 Å². The standard InChI is InChI=1S/C19H26N2O2/c1-14-4-8-21(9-5-14)10-6-18-17-3-2-15(13-19(20)22)12-16(17)7-11-23-18/h2-3,12,18H,1,4-11,13H2,(H2,20,22). The Kier molecular flexibility index (Phi) is 5.13. The van der Waals surface area contributed by atoms with Gasteiger partial charge in [-0.1, -0.05) is 30.4 Å². The molecule has 1 unspecified atom stereocenters. The summed E-state index contributed by atoms with van der Waals surface area (Å²) in [5, 5.41) is 0. The average molecular weight is 314 g/mol. The van der Waals surface area contributed by atoms with Gasteiger partial charge >= 0.3 is 0 Å². The molecule has 4 heteroatoms. The van der Waals surface area contributed by atoms with Crippen LogP contribution in [0, 0.1) is 0 Å². The molecule has 2 heterocycles. The summed E-state index contributed by atoms with van der Waals surface area (Å²) in [5.74, 6) is -0.278. The summed E-state index contributed by atoms with van der Waals surface area (Å²) in [5.41, 5.74) is 10.3. The number of fused-ring (bicyclic) bond motifs is 1. The number of carbonyl (C=O) groups is 1. The van der Waals surface area contributed by atoms with E-state index in [2.05, 4.69) is 23.6 Å². The number of piperidine rings is 1. The van der Waals surface area contributed by atoms with Crippen LogP contribution in [-0.4, -0.2) is 37.0 Å². The van der Waals surface area contributed by atoms with E-state index in [0.717, 1.165) is 57.5 Å². The van der Waals surface area contributed by atoms with E-state index in [-0.39, 0.29) is 12.0 Å². The number of benzene rings is 1. The zero-order chi connectivity index (χ0) is 16.2. The van der Waals surface area contributed by atoms with E-state index in [1.807, 2.05) is 6.07 Å². The first-order valence-electron chi connectivity index (χ1n) is 8.52. The third kappa shape index (κ3) is 4.21. The van der Waals surface area contributed by atoms with Crippen molar-refractivity contribution < 1.29 is 9.53 Å². The number of nitrogens with two attached hydrogens (primary N) is 1. The predicted molar refractivity (Wildman–Crippen MR) is 91.2 cm³/mol. The Morgan fingerprint density at radius 3 is 2.83 bits per heavy atom. The molecule has 2 aliphatic rings. The number of nitrogens with zero attached hydrogens (tertiary/aromatic N) is 1. The fourth-order valence-electron chi connectivity index (χ4n) is 3.53. The van der Waals surface area contributed by atoms with Gasteiger partial charge in [-0.15, -0.1) is 0 Å².